The van der Waals surface area contributed by atoms with Crippen LogP contribution in [0.25, 0.3) is 0 Å². The minimum absolute atomic E-state index is 0.244. The number of hydrogen-bond donors (Lipinski definition) is 6. The van der Waals surface area contributed by atoms with E-state index < -0.39 is 36.7 Å². The lowest BCUT2D eigenvalue weighted by molar-refractivity contribution is -0.271. The zero-order chi connectivity index (χ0) is 20.0. The predicted molar refractivity (Wildman–Crippen MR) is 99.8 cm³/mol. The Kier molecular flexibility index (Phi) is 8.21. The minimum atomic E-state index is -1.78. The Morgan fingerprint density at radius 3 is 2.37 bits per heavy atom. The summed E-state index contributed by atoms with van der Waals surface area (Å²) in [5, 5.41) is 44.9. The van der Waals surface area contributed by atoms with E-state index >= 15 is 0 Å². The highest BCUT2D eigenvalue weighted by Gasteiger charge is 2.48. The number of aliphatic carboxylic acids is 1. The van der Waals surface area contributed by atoms with E-state index in [0.29, 0.717) is 30.5 Å². The second kappa shape index (κ2) is 10.2. The number of carbonyl (C=O) groups is 1. The second-order valence-corrected chi connectivity index (χ2v) is 6.55. The normalized spacial score (nSPS) is 27.8. The number of anilines is 2. The van der Waals surface area contributed by atoms with Gasteiger partial charge < -0.3 is 40.5 Å². The second-order valence-electron chi connectivity index (χ2n) is 5.80. The van der Waals surface area contributed by atoms with Gasteiger partial charge in [0.2, 0.25) is 6.29 Å². The maximum Gasteiger partial charge on any atom is 0.335 e. The lowest BCUT2D eigenvalue weighted by Gasteiger charge is -2.38. The monoisotopic (exact) mass is 424 g/mol. The van der Waals surface area contributed by atoms with Crippen molar-refractivity contribution in [2.45, 2.75) is 30.7 Å². The maximum atomic E-state index is 11.2. The molecule has 1 aliphatic rings. The van der Waals surface area contributed by atoms with E-state index in [1.54, 1.807) is 18.2 Å². The summed E-state index contributed by atoms with van der Waals surface area (Å²) in [6.07, 6.45) is -8.41. The highest BCUT2D eigenvalue weighted by atomic mass is 35.5. The molecule has 2 rings (SSSR count). The zero-order valence-electron chi connectivity index (χ0n) is 14.2. The van der Waals surface area contributed by atoms with Crippen molar-refractivity contribution in [3.63, 3.8) is 0 Å². The smallest absolute Gasteiger partial charge is 0.335 e. The van der Waals surface area contributed by atoms with E-state index in [0.717, 1.165) is 5.69 Å². The molecule has 0 amide bonds. The van der Waals surface area contributed by atoms with Gasteiger partial charge >= 0.3 is 5.97 Å². The maximum absolute atomic E-state index is 11.2. The average Bonchev–Trinajstić information content (AvgIpc) is 2.65. The lowest BCUT2D eigenvalue weighted by atomic mass is 9.99. The SMILES string of the molecule is O=C(O)[C@H]1O[C@@H](Oc2ccc(NCCCl)cc2NCCCl)[C@H](O)[C@@H](O)[C@@H]1O. The molecule has 0 radical (unpaired) electrons. The summed E-state index contributed by atoms with van der Waals surface area (Å²) in [5.74, 6) is -0.494. The first-order chi connectivity index (χ1) is 12.9. The van der Waals surface area contributed by atoms with Crippen molar-refractivity contribution in [3.05, 3.63) is 18.2 Å². The number of rotatable bonds is 9. The number of hydrogen-bond acceptors (Lipinski definition) is 8. The van der Waals surface area contributed by atoms with Gasteiger partial charge in [-0.1, -0.05) is 0 Å². The Hall–Kier alpha value is -1.49. The van der Waals surface area contributed by atoms with Crippen molar-refractivity contribution >= 4 is 40.5 Å². The van der Waals surface area contributed by atoms with Crippen LogP contribution < -0.4 is 15.4 Å². The van der Waals surface area contributed by atoms with Gasteiger partial charge in [0.25, 0.3) is 0 Å². The van der Waals surface area contributed by atoms with Gasteiger partial charge in [0.05, 0.1) is 5.69 Å². The number of aliphatic hydroxyl groups is 3. The number of ether oxygens (including phenoxy) is 2. The summed E-state index contributed by atoms with van der Waals surface area (Å²) in [4.78, 5) is 11.2. The summed E-state index contributed by atoms with van der Waals surface area (Å²) >= 11 is 11.4. The van der Waals surface area contributed by atoms with Crippen molar-refractivity contribution in [3.8, 4) is 5.75 Å². The Bertz CT molecular complexity index is 637. The van der Waals surface area contributed by atoms with Gasteiger partial charge in [-0.15, -0.1) is 23.2 Å². The number of halogens is 2. The summed E-state index contributed by atoms with van der Waals surface area (Å²) in [7, 11) is 0. The Morgan fingerprint density at radius 2 is 1.74 bits per heavy atom. The van der Waals surface area contributed by atoms with Gasteiger partial charge in [0.15, 0.2) is 6.10 Å². The third-order valence-corrected chi connectivity index (χ3v) is 4.25. The highest BCUT2D eigenvalue weighted by Crippen LogP contribution is 2.32. The number of carboxylic acid groups (broad SMARTS) is 1. The summed E-state index contributed by atoms with van der Waals surface area (Å²) < 4.78 is 10.7. The molecule has 0 spiro atoms. The van der Waals surface area contributed by atoms with Gasteiger partial charge in [-0.25, -0.2) is 4.79 Å². The lowest BCUT2D eigenvalue weighted by Crippen LogP contribution is -2.61. The third kappa shape index (κ3) is 5.50. The molecule has 1 aromatic rings. The standard InChI is InChI=1S/C16H22Cl2N2O7/c17-3-5-19-8-1-2-10(9(7-8)20-6-4-18)26-16-13(23)11(21)12(22)14(27-16)15(24)25/h1-2,7,11-14,16,19-23H,3-6H2,(H,24,25)/t11-,12-,13+,14-,16+/m0/s1. The van der Waals surface area contributed by atoms with Gasteiger partial charge in [0, 0.05) is 30.5 Å². The molecular formula is C16H22Cl2N2O7. The summed E-state index contributed by atoms with van der Waals surface area (Å²) in [6, 6.07) is 5.00. The van der Waals surface area contributed by atoms with Crippen LogP contribution in [0.3, 0.4) is 0 Å². The fourth-order valence-corrected chi connectivity index (χ4v) is 2.72. The molecule has 1 saturated heterocycles. The molecule has 9 nitrogen and oxygen atoms in total. The molecule has 1 aromatic carbocycles. The molecule has 0 unspecified atom stereocenters. The van der Waals surface area contributed by atoms with Gasteiger partial charge in [-0.3, -0.25) is 0 Å². The fraction of sp³-hybridized carbons (Fsp3) is 0.562. The van der Waals surface area contributed by atoms with Crippen molar-refractivity contribution in [2.24, 2.45) is 0 Å². The molecule has 0 saturated carbocycles. The van der Waals surface area contributed by atoms with Gasteiger partial charge in [-0.05, 0) is 18.2 Å². The fourth-order valence-electron chi connectivity index (χ4n) is 2.53. The van der Waals surface area contributed by atoms with Crippen LogP contribution in [0.5, 0.6) is 5.75 Å². The molecule has 0 aromatic heterocycles. The molecule has 27 heavy (non-hydrogen) atoms. The Labute approximate surface area is 165 Å². The van der Waals surface area contributed by atoms with E-state index in [2.05, 4.69) is 10.6 Å². The van der Waals surface area contributed by atoms with E-state index in [9.17, 15) is 20.1 Å². The van der Waals surface area contributed by atoms with E-state index in [4.69, 9.17) is 37.8 Å². The van der Waals surface area contributed by atoms with E-state index in [1.807, 2.05) is 0 Å². The van der Waals surface area contributed by atoms with Gasteiger partial charge in [0.1, 0.15) is 24.1 Å². The predicted octanol–water partition coefficient (Wildman–Crippen LogP) is 0.259. The van der Waals surface area contributed by atoms with E-state index in [1.165, 1.54) is 0 Å². The molecule has 0 bridgehead atoms. The molecule has 1 aliphatic heterocycles. The van der Waals surface area contributed by atoms with Crippen LogP contribution >= 0.6 is 23.2 Å². The van der Waals surface area contributed by atoms with Crippen LogP contribution in [0.15, 0.2) is 18.2 Å². The van der Waals surface area contributed by atoms with Gasteiger partial charge in [-0.2, -0.15) is 0 Å². The number of benzene rings is 1. The first kappa shape index (κ1) is 21.8. The molecule has 6 N–H and O–H groups in total. The average molecular weight is 425 g/mol. The topological polar surface area (TPSA) is 141 Å². The van der Waals surface area contributed by atoms with Crippen molar-refractivity contribution < 1.29 is 34.7 Å². The zero-order valence-corrected chi connectivity index (χ0v) is 15.7. The quantitative estimate of drug-likeness (QED) is 0.308. The Balaban J connectivity index is 2.21. The number of alkyl halides is 2. The minimum Gasteiger partial charge on any atom is -0.479 e. The Morgan fingerprint density at radius 1 is 1.07 bits per heavy atom. The molecule has 5 atom stereocenters. The summed E-state index contributed by atoms with van der Waals surface area (Å²) in [5.41, 5.74) is 1.27. The first-order valence-electron chi connectivity index (χ1n) is 8.22. The number of aliphatic hydroxyl groups excluding tert-OH is 3. The highest BCUT2D eigenvalue weighted by molar-refractivity contribution is 6.18. The molecular weight excluding hydrogens is 403 g/mol. The van der Waals surface area contributed by atoms with Crippen LogP contribution in [-0.2, 0) is 9.53 Å². The molecule has 1 heterocycles. The van der Waals surface area contributed by atoms with Crippen molar-refractivity contribution in [1.29, 1.82) is 0 Å². The van der Waals surface area contributed by atoms with E-state index in [-0.39, 0.29) is 5.75 Å². The van der Waals surface area contributed by atoms with Crippen LogP contribution in [0.1, 0.15) is 0 Å². The molecule has 1 fully saturated rings. The van der Waals surface area contributed by atoms with Crippen LogP contribution in [0, 0.1) is 0 Å². The molecule has 152 valence electrons. The summed E-state index contributed by atoms with van der Waals surface area (Å²) in [6.45, 7) is 0.968. The largest absolute Gasteiger partial charge is 0.479 e. The van der Waals surface area contributed by atoms with Crippen LogP contribution in [-0.4, -0.2) is 82.0 Å². The number of nitrogens with one attached hydrogen (secondary N) is 2. The first-order valence-corrected chi connectivity index (χ1v) is 9.28. The number of carboxylic acids is 1. The van der Waals surface area contributed by atoms with Crippen molar-refractivity contribution in [2.75, 3.05) is 35.5 Å². The molecule has 0 aliphatic carbocycles. The van der Waals surface area contributed by atoms with Crippen molar-refractivity contribution in [1.82, 2.24) is 0 Å². The van der Waals surface area contributed by atoms with Crippen LogP contribution in [0.2, 0.25) is 0 Å². The third-order valence-electron chi connectivity index (χ3n) is 3.87. The molecule has 11 heteroatoms. The van der Waals surface area contributed by atoms with Crippen LogP contribution in [0.4, 0.5) is 11.4 Å².